The zero-order chi connectivity index (χ0) is 9.26. The molecule has 2 aromatic rings. The Kier molecular flexibility index (Phi) is 2.10. The second-order valence-corrected chi connectivity index (χ2v) is 3.77. The Hall–Kier alpha value is -1.22. The maximum atomic E-state index is 5.61. The highest BCUT2D eigenvalue weighted by Crippen LogP contribution is 2.21. The van der Waals surface area contributed by atoms with E-state index in [0.29, 0.717) is 0 Å². The molecule has 66 valence electrons. The van der Waals surface area contributed by atoms with Crippen molar-refractivity contribution in [1.29, 1.82) is 0 Å². The number of aromatic amines is 1. The number of anilines is 1. The molecule has 0 spiro atoms. The number of H-pyrrole nitrogens is 1. The molecule has 0 aliphatic heterocycles. The smallest absolute Gasteiger partial charge is 0.0498 e. The molecule has 1 heterocycles. The van der Waals surface area contributed by atoms with Crippen molar-refractivity contribution in [3.8, 4) is 11.3 Å². The van der Waals surface area contributed by atoms with E-state index in [0.717, 1.165) is 21.4 Å². The van der Waals surface area contributed by atoms with Crippen LogP contribution >= 0.6 is 15.9 Å². The number of halogens is 1. The van der Waals surface area contributed by atoms with Gasteiger partial charge in [0.15, 0.2) is 0 Å². The van der Waals surface area contributed by atoms with Crippen LogP contribution in [-0.4, -0.2) is 4.98 Å². The minimum absolute atomic E-state index is 0.762. The highest BCUT2D eigenvalue weighted by molar-refractivity contribution is 9.10. The Morgan fingerprint density at radius 3 is 2.38 bits per heavy atom. The van der Waals surface area contributed by atoms with E-state index in [2.05, 4.69) is 20.9 Å². The van der Waals surface area contributed by atoms with Crippen molar-refractivity contribution >= 4 is 21.6 Å². The molecule has 0 radical (unpaired) electrons. The molecular weight excluding hydrogens is 228 g/mol. The second-order valence-electron chi connectivity index (χ2n) is 2.85. The first-order valence-corrected chi connectivity index (χ1v) is 4.75. The summed E-state index contributed by atoms with van der Waals surface area (Å²) in [5.74, 6) is 0. The van der Waals surface area contributed by atoms with Crippen molar-refractivity contribution < 1.29 is 0 Å². The molecule has 1 aromatic carbocycles. The average molecular weight is 237 g/mol. The first kappa shape index (κ1) is 8.38. The third-order valence-corrected chi connectivity index (χ3v) is 2.39. The number of hydrogen-bond donors (Lipinski definition) is 2. The summed E-state index contributed by atoms with van der Waals surface area (Å²) in [6, 6.07) is 10.0. The fourth-order valence-electron chi connectivity index (χ4n) is 1.21. The van der Waals surface area contributed by atoms with E-state index in [9.17, 15) is 0 Å². The van der Waals surface area contributed by atoms with Crippen molar-refractivity contribution in [3.63, 3.8) is 0 Å². The number of aromatic nitrogens is 1. The molecule has 1 aromatic heterocycles. The van der Waals surface area contributed by atoms with Gasteiger partial charge in [0, 0.05) is 22.1 Å². The molecule has 0 atom stereocenters. The Morgan fingerprint density at radius 2 is 1.85 bits per heavy atom. The first-order valence-electron chi connectivity index (χ1n) is 3.95. The number of nitrogens with two attached hydrogens (primary N) is 1. The van der Waals surface area contributed by atoms with Crippen LogP contribution in [0.3, 0.4) is 0 Å². The summed E-state index contributed by atoms with van der Waals surface area (Å²) < 4.78 is 1.08. The van der Waals surface area contributed by atoms with E-state index in [-0.39, 0.29) is 0 Å². The lowest BCUT2D eigenvalue weighted by molar-refractivity contribution is 1.40. The van der Waals surface area contributed by atoms with Gasteiger partial charge in [0.25, 0.3) is 0 Å². The maximum Gasteiger partial charge on any atom is 0.0498 e. The minimum Gasteiger partial charge on any atom is -0.397 e. The Balaban J connectivity index is 2.41. The van der Waals surface area contributed by atoms with Crippen LogP contribution in [0, 0.1) is 0 Å². The molecule has 13 heavy (non-hydrogen) atoms. The van der Waals surface area contributed by atoms with Crippen molar-refractivity contribution in [2.45, 2.75) is 0 Å². The molecule has 0 saturated heterocycles. The first-order chi connectivity index (χ1) is 6.25. The van der Waals surface area contributed by atoms with Gasteiger partial charge in [-0.3, -0.25) is 0 Å². The van der Waals surface area contributed by atoms with Crippen LogP contribution in [0.25, 0.3) is 11.3 Å². The van der Waals surface area contributed by atoms with Gasteiger partial charge in [-0.2, -0.15) is 0 Å². The number of hydrogen-bond acceptors (Lipinski definition) is 1. The van der Waals surface area contributed by atoms with E-state index >= 15 is 0 Å². The average Bonchev–Trinajstić information content (AvgIpc) is 2.53. The Labute approximate surface area is 84.9 Å². The van der Waals surface area contributed by atoms with Crippen LogP contribution in [0.2, 0.25) is 0 Å². The summed E-state index contributed by atoms with van der Waals surface area (Å²) in [6.45, 7) is 0. The quantitative estimate of drug-likeness (QED) is 0.786. The zero-order valence-corrected chi connectivity index (χ0v) is 8.51. The van der Waals surface area contributed by atoms with Gasteiger partial charge in [0.05, 0.1) is 0 Å². The molecule has 0 bridgehead atoms. The van der Waals surface area contributed by atoms with Crippen LogP contribution in [0.15, 0.2) is 41.0 Å². The van der Waals surface area contributed by atoms with E-state index in [4.69, 9.17) is 5.73 Å². The van der Waals surface area contributed by atoms with Crippen LogP contribution < -0.4 is 5.73 Å². The molecule has 0 unspecified atom stereocenters. The number of benzene rings is 1. The molecule has 3 N–H and O–H groups in total. The predicted octanol–water partition coefficient (Wildman–Crippen LogP) is 3.03. The van der Waals surface area contributed by atoms with Gasteiger partial charge in [-0.1, -0.05) is 28.1 Å². The maximum absolute atomic E-state index is 5.61. The summed E-state index contributed by atoms with van der Waals surface area (Å²) in [7, 11) is 0. The highest BCUT2D eigenvalue weighted by Gasteiger charge is 1.98. The molecule has 0 amide bonds. The molecule has 2 nitrogen and oxygen atoms in total. The third kappa shape index (κ3) is 1.75. The van der Waals surface area contributed by atoms with Gasteiger partial charge in [-0.15, -0.1) is 0 Å². The second kappa shape index (κ2) is 3.26. The van der Waals surface area contributed by atoms with Crippen molar-refractivity contribution in [2.75, 3.05) is 5.73 Å². The lowest BCUT2D eigenvalue weighted by atomic mass is 10.2. The summed E-state index contributed by atoms with van der Waals surface area (Å²) in [5, 5.41) is 0. The van der Waals surface area contributed by atoms with E-state index < -0.39 is 0 Å². The summed E-state index contributed by atoms with van der Waals surface area (Å²) in [5.41, 5.74) is 8.55. The molecule has 3 heteroatoms. The highest BCUT2D eigenvalue weighted by atomic mass is 79.9. The Morgan fingerprint density at radius 1 is 1.15 bits per heavy atom. The van der Waals surface area contributed by atoms with Gasteiger partial charge >= 0.3 is 0 Å². The summed E-state index contributed by atoms with van der Waals surface area (Å²) in [4.78, 5) is 3.10. The number of rotatable bonds is 1. The van der Waals surface area contributed by atoms with Crippen LogP contribution in [0.5, 0.6) is 0 Å². The summed E-state index contributed by atoms with van der Waals surface area (Å²) >= 11 is 3.39. The standard InChI is InChI=1S/C10H9BrN2/c11-8-3-1-7(2-4-8)10-5-9(12)6-13-10/h1-6,13H,12H2. The molecule has 0 aliphatic rings. The van der Waals surface area contributed by atoms with Gasteiger partial charge in [0.1, 0.15) is 0 Å². The lowest BCUT2D eigenvalue weighted by Gasteiger charge is -1.96. The minimum atomic E-state index is 0.762. The van der Waals surface area contributed by atoms with Crippen LogP contribution in [0.4, 0.5) is 5.69 Å². The molecule has 0 saturated carbocycles. The number of nitrogens with one attached hydrogen (secondary N) is 1. The fourth-order valence-corrected chi connectivity index (χ4v) is 1.47. The van der Waals surface area contributed by atoms with Crippen molar-refractivity contribution in [3.05, 3.63) is 41.0 Å². The Bertz CT molecular complexity index is 403. The summed E-state index contributed by atoms with van der Waals surface area (Å²) in [6.07, 6.45) is 1.79. The topological polar surface area (TPSA) is 41.8 Å². The normalized spacial score (nSPS) is 10.2. The van der Waals surface area contributed by atoms with Gasteiger partial charge in [0.2, 0.25) is 0 Å². The van der Waals surface area contributed by atoms with E-state index in [1.165, 1.54) is 0 Å². The van der Waals surface area contributed by atoms with Gasteiger partial charge in [-0.05, 0) is 23.8 Å². The molecular formula is C10H9BrN2. The van der Waals surface area contributed by atoms with Crippen LogP contribution in [0.1, 0.15) is 0 Å². The lowest BCUT2D eigenvalue weighted by Crippen LogP contribution is -1.77. The molecule has 2 rings (SSSR count). The van der Waals surface area contributed by atoms with Gasteiger partial charge < -0.3 is 10.7 Å². The molecule has 0 aliphatic carbocycles. The predicted molar refractivity (Wildman–Crippen MR) is 58.3 cm³/mol. The van der Waals surface area contributed by atoms with Crippen LogP contribution in [-0.2, 0) is 0 Å². The van der Waals surface area contributed by atoms with Gasteiger partial charge in [-0.25, -0.2) is 0 Å². The largest absolute Gasteiger partial charge is 0.397 e. The SMILES string of the molecule is Nc1c[nH]c(-c2ccc(Br)cc2)c1. The van der Waals surface area contributed by atoms with E-state index in [1.807, 2.05) is 30.3 Å². The fraction of sp³-hybridized carbons (Fsp3) is 0. The molecule has 0 fully saturated rings. The zero-order valence-electron chi connectivity index (χ0n) is 6.92. The van der Waals surface area contributed by atoms with E-state index in [1.54, 1.807) is 6.20 Å². The number of nitrogen functional groups attached to an aromatic ring is 1. The third-order valence-electron chi connectivity index (χ3n) is 1.86. The van der Waals surface area contributed by atoms with Crippen molar-refractivity contribution in [2.24, 2.45) is 0 Å². The monoisotopic (exact) mass is 236 g/mol. The van der Waals surface area contributed by atoms with Crippen molar-refractivity contribution in [1.82, 2.24) is 4.98 Å².